The predicted octanol–water partition coefficient (Wildman–Crippen LogP) is 2.48. The normalized spacial score (nSPS) is 13.7. The van der Waals surface area contributed by atoms with E-state index in [0.29, 0.717) is 30.5 Å². The molecule has 1 aromatic carbocycles. The Hall–Kier alpha value is -2.22. The van der Waals surface area contributed by atoms with E-state index in [9.17, 15) is 4.79 Å². The monoisotopic (exact) mass is 362 g/mol. The molecule has 7 nitrogen and oxygen atoms in total. The molecule has 0 N–H and O–H groups in total. The Morgan fingerprint density at radius 1 is 1.24 bits per heavy atom. The fourth-order valence-corrected chi connectivity index (χ4v) is 3.42. The number of aromatic nitrogens is 3. The van der Waals surface area contributed by atoms with Gasteiger partial charge in [-0.1, -0.05) is 25.6 Å². The molecule has 0 fully saturated rings. The Bertz CT molecular complexity index is 730. The summed E-state index contributed by atoms with van der Waals surface area (Å²) in [5.41, 5.74) is 0. The number of amides is 1. The molecule has 25 heavy (non-hydrogen) atoms. The van der Waals surface area contributed by atoms with Crippen LogP contribution in [-0.2, 0) is 11.4 Å². The number of ether oxygens (including phenoxy) is 2. The van der Waals surface area contributed by atoms with Crippen molar-refractivity contribution in [3.05, 3.63) is 30.1 Å². The molecule has 1 aliphatic heterocycles. The van der Waals surface area contributed by atoms with Crippen molar-refractivity contribution in [1.82, 2.24) is 14.9 Å². The highest BCUT2D eigenvalue weighted by molar-refractivity contribution is 7.99. The van der Waals surface area contributed by atoms with Gasteiger partial charge in [0, 0.05) is 12.2 Å². The summed E-state index contributed by atoms with van der Waals surface area (Å²) in [6.07, 6.45) is 0.501. The molecule has 0 bridgehead atoms. The van der Waals surface area contributed by atoms with E-state index >= 15 is 0 Å². The average molecular weight is 362 g/mol. The highest BCUT2D eigenvalue weighted by atomic mass is 32.2. The van der Waals surface area contributed by atoms with E-state index in [1.807, 2.05) is 38.1 Å². The van der Waals surface area contributed by atoms with Crippen LogP contribution in [0.5, 0.6) is 11.5 Å². The number of methoxy groups -OCH3 is 1. The third kappa shape index (κ3) is 4.07. The third-order valence-electron chi connectivity index (χ3n) is 3.75. The summed E-state index contributed by atoms with van der Waals surface area (Å²) in [4.78, 5) is 12.6. The van der Waals surface area contributed by atoms with E-state index in [2.05, 4.69) is 10.2 Å². The fourth-order valence-electron chi connectivity index (χ4n) is 2.55. The van der Waals surface area contributed by atoms with Gasteiger partial charge in [-0.3, -0.25) is 4.79 Å². The standard InChI is InChI=1S/C17H22N4O3S/c1-12(2)10-16(22)20-8-9-25-17-19-18-15(21(17)20)11-24-14-6-4-13(23-3)5-7-14/h4-7,12H,8-11H2,1-3H3. The molecule has 0 saturated heterocycles. The first kappa shape index (κ1) is 17.6. The fraction of sp³-hybridized carbons (Fsp3) is 0.471. The van der Waals surface area contributed by atoms with Crippen LogP contribution in [0.25, 0.3) is 0 Å². The first-order valence-corrected chi connectivity index (χ1v) is 9.21. The Morgan fingerprint density at radius 2 is 1.96 bits per heavy atom. The molecule has 3 rings (SSSR count). The predicted molar refractivity (Wildman–Crippen MR) is 95.6 cm³/mol. The molecule has 0 spiro atoms. The summed E-state index contributed by atoms with van der Waals surface area (Å²) in [6, 6.07) is 7.34. The molecule has 0 aliphatic carbocycles. The number of rotatable bonds is 6. The van der Waals surface area contributed by atoms with E-state index in [-0.39, 0.29) is 12.5 Å². The maximum Gasteiger partial charge on any atom is 0.241 e. The Kier molecular flexibility index (Phi) is 5.47. The van der Waals surface area contributed by atoms with Crippen LogP contribution in [-0.4, -0.2) is 40.2 Å². The minimum Gasteiger partial charge on any atom is -0.497 e. The number of thioether (sulfide) groups is 1. The third-order valence-corrected chi connectivity index (χ3v) is 4.65. The van der Waals surface area contributed by atoms with Gasteiger partial charge in [-0.2, -0.15) is 0 Å². The van der Waals surface area contributed by atoms with Crippen molar-refractivity contribution in [2.75, 3.05) is 24.4 Å². The molecule has 1 amide bonds. The van der Waals surface area contributed by atoms with E-state index in [0.717, 1.165) is 16.7 Å². The molecule has 2 aromatic rings. The van der Waals surface area contributed by atoms with Crippen molar-refractivity contribution in [1.29, 1.82) is 0 Å². The first-order valence-electron chi connectivity index (χ1n) is 8.23. The van der Waals surface area contributed by atoms with Gasteiger partial charge in [0.2, 0.25) is 11.1 Å². The number of hydrogen-bond donors (Lipinski definition) is 0. The molecular weight excluding hydrogens is 340 g/mol. The maximum absolute atomic E-state index is 12.6. The average Bonchev–Trinajstić information content (AvgIpc) is 3.03. The highest BCUT2D eigenvalue weighted by Crippen LogP contribution is 2.24. The summed E-state index contributed by atoms with van der Waals surface area (Å²) in [5.74, 6) is 3.32. The molecule has 0 atom stereocenters. The van der Waals surface area contributed by atoms with E-state index in [1.165, 1.54) is 0 Å². The van der Waals surface area contributed by atoms with Crippen molar-refractivity contribution in [3.8, 4) is 11.5 Å². The first-order chi connectivity index (χ1) is 12.1. The molecule has 0 unspecified atom stereocenters. The zero-order valence-corrected chi connectivity index (χ0v) is 15.5. The van der Waals surface area contributed by atoms with Gasteiger partial charge >= 0.3 is 0 Å². The van der Waals surface area contributed by atoms with E-state index in [1.54, 1.807) is 28.6 Å². The van der Waals surface area contributed by atoms with Crippen LogP contribution >= 0.6 is 11.8 Å². The number of carbonyl (C=O) groups excluding carboxylic acids is 1. The van der Waals surface area contributed by atoms with Crippen LogP contribution in [0.3, 0.4) is 0 Å². The molecule has 1 aliphatic rings. The molecule has 134 valence electrons. The lowest BCUT2D eigenvalue weighted by Crippen LogP contribution is -2.46. The molecule has 2 heterocycles. The summed E-state index contributed by atoms with van der Waals surface area (Å²) >= 11 is 1.60. The second-order valence-electron chi connectivity index (χ2n) is 6.14. The van der Waals surface area contributed by atoms with Crippen molar-refractivity contribution in [2.24, 2.45) is 5.92 Å². The van der Waals surface area contributed by atoms with Crippen molar-refractivity contribution < 1.29 is 14.3 Å². The van der Waals surface area contributed by atoms with Gasteiger partial charge in [0.1, 0.15) is 18.1 Å². The largest absolute Gasteiger partial charge is 0.497 e. The lowest BCUT2D eigenvalue weighted by molar-refractivity contribution is -0.121. The Morgan fingerprint density at radius 3 is 2.64 bits per heavy atom. The van der Waals surface area contributed by atoms with Gasteiger partial charge in [0.05, 0.1) is 13.7 Å². The summed E-state index contributed by atoms with van der Waals surface area (Å²) < 4.78 is 12.7. The topological polar surface area (TPSA) is 69.5 Å². The van der Waals surface area contributed by atoms with Crippen LogP contribution < -0.4 is 14.5 Å². The number of benzene rings is 1. The van der Waals surface area contributed by atoms with Gasteiger partial charge in [-0.05, 0) is 30.2 Å². The van der Waals surface area contributed by atoms with E-state index in [4.69, 9.17) is 9.47 Å². The summed E-state index contributed by atoms with van der Waals surface area (Å²) in [7, 11) is 1.62. The molecule has 0 saturated carbocycles. The zero-order chi connectivity index (χ0) is 17.8. The summed E-state index contributed by atoms with van der Waals surface area (Å²) in [5, 5.41) is 10.9. The number of hydrogen-bond acceptors (Lipinski definition) is 6. The number of nitrogens with zero attached hydrogens (tertiary/aromatic N) is 4. The van der Waals surface area contributed by atoms with Crippen molar-refractivity contribution >= 4 is 17.7 Å². The van der Waals surface area contributed by atoms with Crippen LogP contribution in [0.2, 0.25) is 0 Å². The minimum absolute atomic E-state index is 0.0852. The summed E-state index contributed by atoms with van der Waals surface area (Å²) in [6.45, 7) is 4.97. The number of carbonyl (C=O) groups is 1. The lowest BCUT2D eigenvalue weighted by atomic mass is 10.1. The Labute approximate surface area is 151 Å². The van der Waals surface area contributed by atoms with E-state index < -0.39 is 0 Å². The van der Waals surface area contributed by atoms with Crippen molar-refractivity contribution in [2.45, 2.75) is 32.0 Å². The smallest absolute Gasteiger partial charge is 0.241 e. The molecule has 8 heteroatoms. The SMILES string of the molecule is COc1ccc(OCc2nnc3n2N(C(=O)CC(C)C)CCS3)cc1. The molecule has 0 radical (unpaired) electrons. The van der Waals surface area contributed by atoms with Gasteiger partial charge < -0.3 is 9.47 Å². The lowest BCUT2D eigenvalue weighted by Gasteiger charge is -2.29. The second kappa shape index (κ2) is 7.77. The molecular formula is C17H22N4O3S. The van der Waals surface area contributed by atoms with Gasteiger partial charge in [-0.25, -0.2) is 9.69 Å². The minimum atomic E-state index is 0.0852. The van der Waals surface area contributed by atoms with Crippen molar-refractivity contribution in [3.63, 3.8) is 0 Å². The van der Waals surface area contributed by atoms with Gasteiger partial charge in [0.25, 0.3) is 0 Å². The van der Waals surface area contributed by atoms with Crippen LogP contribution in [0, 0.1) is 5.92 Å². The van der Waals surface area contributed by atoms with Crippen LogP contribution in [0.15, 0.2) is 29.4 Å². The van der Waals surface area contributed by atoms with Crippen LogP contribution in [0.4, 0.5) is 0 Å². The zero-order valence-electron chi connectivity index (χ0n) is 14.6. The second-order valence-corrected chi connectivity index (χ2v) is 7.20. The number of fused-ring (bicyclic) bond motifs is 1. The van der Waals surface area contributed by atoms with Crippen LogP contribution in [0.1, 0.15) is 26.1 Å². The Balaban J connectivity index is 1.74. The maximum atomic E-state index is 12.6. The quantitative estimate of drug-likeness (QED) is 0.786. The van der Waals surface area contributed by atoms with Gasteiger partial charge in [0.15, 0.2) is 5.82 Å². The van der Waals surface area contributed by atoms with Gasteiger partial charge in [-0.15, -0.1) is 10.2 Å². The molecule has 1 aromatic heterocycles. The highest BCUT2D eigenvalue weighted by Gasteiger charge is 2.27.